The molecule has 1 aliphatic heterocycles. The highest BCUT2D eigenvalue weighted by molar-refractivity contribution is 5.66. The van der Waals surface area contributed by atoms with Crippen LogP contribution in [0.2, 0.25) is 0 Å². The minimum atomic E-state index is -0.225. The first-order valence-corrected chi connectivity index (χ1v) is 10.3. The Morgan fingerprint density at radius 3 is 2.86 bits per heavy atom. The van der Waals surface area contributed by atoms with Crippen LogP contribution in [0.3, 0.4) is 0 Å². The van der Waals surface area contributed by atoms with Gasteiger partial charge < -0.3 is 14.4 Å². The maximum atomic E-state index is 11.2. The van der Waals surface area contributed by atoms with Crippen LogP contribution < -0.4 is 9.64 Å². The molecule has 0 spiro atoms. The fourth-order valence-corrected chi connectivity index (χ4v) is 4.15. The lowest BCUT2D eigenvalue weighted by molar-refractivity contribution is -0.146. The third kappa shape index (κ3) is 4.46. The monoisotopic (exact) mass is 380 g/mol. The second-order valence-corrected chi connectivity index (χ2v) is 7.63. The van der Waals surface area contributed by atoms with Crippen LogP contribution in [0.4, 0.5) is 5.82 Å². The normalized spacial score (nSPS) is 18.6. The molecule has 5 nitrogen and oxygen atoms in total. The van der Waals surface area contributed by atoms with Gasteiger partial charge in [0.2, 0.25) is 0 Å². The fraction of sp³-hybridized carbons (Fsp3) is 0.478. The number of aryl methyl sites for hydroxylation is 1. The van der Waals surface area contributed by atoms with E-state index >= 15 is 0 Å². The molecular formula is C23H28N2O3. The van der Waals surface area contributed by atoms with Crippen LogP contribution in [0.25, 0.3) is 0 Å². The SMILES string of the molecule is CC(=O)O[C@H]1CCc2cc(OCCc3cccc(N4CCCCC4)n3)ccc21. The molecule has 0 saturated carbocycles. The van der Waals surface area contributed by atoms with Crippen LogP contribution in [0.1, 0.15) is 55.5 Å². The van der Waals surface area contributed by atoms with Crippen LogP contribution in [-0.2, 0) is 22.4 Å². The van der Waals surface area contributed by atoms with Crippen LogP contribution in [0, 0.1) is 0 Å². The molecule has 5 heteroatoms. The molecule has 0 N–H and O–H groups in total. The molecular weight excluding hydrogens is 352 g/mol. The van der Waals surface area contributed by atoms with Gasteiger partial charge in [-0.05, 0) is 67.5 Å². The number of benzene rings is 1. The Kier molecular flexibility index (Phi) is 5.79. The van der Waals surface area contributed by atoms with E-state index in [1.807, 2.05) is 12.1 Å². The minimum absolute atomic E-state index is 0.108. The summed E-state index contributed by atoms with van der Waals surface area (Å²) in [5, 5.41) is 0. The van der Waals surface area contributed by atoms with Crippen molar-refractivity contribution in [2.75, 3.05) is 24.6 Å². The van der Waals surface area contributed by atoms with Crippen molar-refractivity contribution in [3.63, 3.8) is 0 Å². The second kappa shape index (κ2) is 8.63. The molecule has 1 aromatic carbocycles. The number of fused-ring (bicyclic) bond motifs is 1. The number of carbonyl (C=O) groups is 1. The number of nitrogens with zero attached hydrogens (tertiary/aromatic N) is 2. The first-order chi connectivity index (χ1) is 13.7. The summed E-state index contributed by atoms with van der Waals surface area (Å²) in [4.78, 5) is 18.4. The number of aromatic nitrogens is 1. The molecule has 1 aromatic heterocycles. The van der Waals surface area contributed by atoms with E-state index in [0.717, 1.165) is 55.2 Å². The molecule has 1 fully saturated rings. The van der Waals surface area contributed by atoms with Crippen molar-refractivity contribution in [1.82, 2.24) is 4.98 Å². The van der Waals surface area contributed by atoms with Crippen molar-refractivity contribution in [1.29, 1.82) is 0 Å². The zero-order valence-corrected chi connectivity index (χ0v) is 16.5. The van der Waals surface area contributed by atoms with Gasteiger partial charge >= 0.3 is 5.97 Å². The first-order valence-electron chi connectivity index (χ1n) is 10.3. The molecule has 4 rings (SSSR count). The van der Waals surface area contributed by atoms with Crippen molar-refractivity contribution in [2.24, 2.45) is 0 Å². The van der Waals surface area contributed by atoms with Gasteiger partial charge in [-0.25, -0.2) is 4.98 Å². The van der Waals surface area contributed by atoms with Gasteiger partial charge in [0.15, 0.2) is 0 Å². The average molecular weight is 380 g/mol. The predicted molar refractivity (Wildman–Crippen MR) is 109 cm³/mol. The molecule has 2 aromatic rings. The highest BCUT2D eigenvalue weighted by Crippen LogP contribution is 2.36. The minimum Gasteiger partial charge on any atom is -0.493 e. The van der Waals surface area contributed by atoms with E-state index < -0.39 is 0 Å². The summed E-state index contributed by atoms with van der Waals surface area (Å²) in [6.45, 7) is 4.28. The Labute approximate surface area is 166 Å². The van der Waals surface area contributed by atoms with Crippen molar-refractivity contribution in [2.45, 2.75) is 51.6 Å². The number of piperidine rings is 1. The topological polar surface area (TPSA) is 51.7 Å². The van der Waals surface area contributed by atoms with Gasteiger partial charge in [0.1, 0.15) is 17.7 Å². The lowest BCUT2D eigenvalue weighted by Crippen LogP contribution is -2.30. The lowest BCUT2D eigenvalue weighted by Gasteiger charge is -2.27. The summed E-state index contributed by atoms with van der Waals surface area (Å²) in [5.41, 5.74) is 3.39. The molecule has 1 saturated heterocycles. The molecule has 0 bridgehead atoms. The van der Waals surface area contributed by atoms with Crippen LogP contribution in [-0.4, -0.2) is 30.6 Å². The number of rotatable bonds is 6. The maximum absolute atomic E-state index is 11.2. The van der Waals surface area contributed by atoms with Crippen molar-refractivity contribution >= 4 is 11.8 Å². The van der Waals surface area contributed by atoms with E-state index in [4.69, 9.17) is 14.5 Å². The van der Waals surface area contributed by atoms with Gasteiger partial charge in [-0.15, -0.1) is 0 Å². The Morgan fingerprint density at radius 1 is 1.18 bits per heavy atom. The molecule has 1 atom stereocenters. The average Bonchev–Trinajstić information content (AvgIpc) is 3.10. The highest BCUT2D eigenvalue weighted by atomic mass is 16.5. The van der Waals surface area contributed by atoms with Gasteiger partial charge in [-0.2, -0.15) is 0 Å². The first kappa shape index (κ1) is 18.8. The van der Waals surface area contributed by atoms with Crippen LogP contribution in [0.5, 0.6) is 5.75 Å². The van der Waals surface area contributed by atoms with Crippen molar-refractivity contribution in [3.05, 3.63) is 53.2 Å². The van der Waals surface area contributed by atoms with Gasteiger partial charge in [-0.3, -0.25) is 4.79 Å². The molecule has 28 heavy (non-hydrogen) atoms. The van der Waals surface area contributed by atoms with Crippen molar-refractivity contribution in [3.8, 4) is 5.75 Å². The Hall–Kier alpha value is -2.56. The Morgan fingerprint density at radius 2 is 2.04 bits per heavy atom. The quantitative estimate of drug-likeness (QED) is 0.702. The van der Waals surface area contributed by atoms with Crippen LogP contribution >= 0.6 is 0 Å². The lowest BCUT2D eigenvalue weighted by atomic mass is 10.1. The standard InChI is InChI=1S/C23H28N2O3/c1-17(26)28-22-11-8-18-16-20(9-10-21(18)22)27-15-12-19-6-5-7-23(24-19)25-13-3-2-4-14-25/h5-7,9-10,16,22H,2-4,8,11-15H2,1H3/t22-/m0/s1. The largest absolute Gasteiger partial charge is 0.493 e. The van der Waals surface area contributed by atoms with Gasteiger partial charge in [-0.1, -0.05) is 12.1 Å². The third-order valence-electron chi connectivity index (χ3n) is 5.54. The number of pyridine rings is 1. The molecule has 0 unspecified atom stereocenters. The third-order valence-corrected chi connectivity index (χ3v) is 5.54. The number of anilines is 1. The Bertz CT molecular complexity index is 830. The van der Waals surface area contributed by atoms with Crippen LogP contribution in [0.15, 0.2) is 36.4 Å². The van der Waals surface area contributed by atoms with Gasteiger partial charge in [0.05, 0.1) is 6.61 Å². The summed E-state index contributed by atoms with van der Waals surface area (Å²) < 4.78 is 11.4. The molecule has 0 amide bonds. The van der Waals surface area contributed by atoms with Crippen molar-refractivity contribution < 1.29 is 14.3 Å². The van der Waals surface area contributed by atoms with E-state index in [-0.39, 0.29) is 12.1 Å². The molecule has 2 heterocycles. The van der Waals surface area contributed by atoms with E-state index in [1.54, 1.807) is 0 Å². The summed E-state index contributed by atoms with van der Waals surface area (Å²) >= 11 is 0. The molecule has 0 radical (unpaired) electrons. The molecule has 148 valence electrons. The summed E-state index contributed by atoms with van der Waals surface area (Å²) in [5.74, 6) is 1.73. The number of hydrogen-bond acceptors (Lipinski definition) is 5. The summed E-state index contributed by atoms with van der Waals surface area (Å²) in [7, 11) is 0. The molecule has 1 aliphatic carbocycles. The van der Waals surface area contributed by atoms with E-state index in [1.165, 1.54) is 31.7 Å². The zero-order chi connectivity index (χ0) is 19.3. The summed E-state index contributed by atoms with van der Waals surface area (Å²) in [6.07, 6.45) is 6.29. The maximum Gasteiger partial charge on any atom is 0.303 e. The van der Waals surface area contributed by atoms with E-state index in [0.29, 0.717) is 6.61 Å². The van der Waals surface area contributed by atoms with E-state index in [9.17, 15) is 4.79 Å². The number of esters is 1. The smallest absolute Gasteiger partial charge is 0.303 e. The highest BCUT2D eigenvalue weighted by Gasteiger charge is 2.25. The number of hydrogen-bond donors (Lipinski definition) is 0. The number of ether oxygens (including phenoxy) is 2. The summed E-state index contributed by atoms with van der Waals surface area (Å²) in [6, 6.07) is 12.4. The van der Waals surface area contributed by atoms with Gasteiger partial charge in [0.25, 0.3) is 0 Å². The predicted octanol–water partition coefficient (Wildman–Crippen LogP) is 4.24. The second-order valence-electron chi connectivity index (χ2n) is 7.63. The fourth-order valence-electron chi connectivity index (χ4n) is 4.15. The number of carbonyl (C=O) groups excluding carboxylic acids is 1. The van der Waals surface area contributed by atoms with E-state index in [2.05, 4.69) is 29.2 Å². The van der Waals surface area contributed by atoms with Gasteiger partial charge in [0, 0.05) is 32.1 Å². The Balaban J connectivity index is 1.33. The zero-order valence-electron chi connectivity index (χ0n) is 16.5. The molecule has 2 aliphatic rings.